The van der Waals surface area contributed by atoms with Crippen LogP contribution in [0, 0.1) is 11.7 Å². The van der Waals surface area contributed by atoms with Crippen LogP contribution in [0.4, 0.5) is 4.39 Å². The fourth-order valence-corrected chi connectivity index (χ4v) is 1.76. The molecule has 1 aromatic carbocycles. The molecular weight excluding hydrogens is 195 g/mol. The van der Waals surface area contributed by atoms with Gasteiger partial charge in [0.25, 0.3) is 0 Å². The number of carboxylic acid groups (broad SMARTS) is 1. The Morgan fingerprint density at radius 3 is 2.47 bits per heavy atom. The molecule has 80 valence electrons. The van der Waals surface area contributed by atoms with Crippen LogP contribution in [-0.4, -0.2) is 11.1 Å². The van der Waals surface area contributed by atoms with Crippen molar-refractivity contribution in [2.45, 2.75) is 25.2 Å². The first-order chi connectivity index (χ1) is 7.16. The van der Waals surface area contributed by atoms with E-state index in [4.69, 9.17) is 5.11 Å². The van der Waals surface area contributed by atoms with E-state index in [2.05, 4.69) is 0 Å². The normalized spacial score (nSPS) is 17.4. The molecule has 1 atom stereocenters. The van der Waals surface area contributed by atoms with Crippen molar-refractivity contribution >= 4 is 5.97 Å². The van der Waals surface area contributed by atoms with E-state index >= 15 is 0 Å². The van der Waals surface area contributed by atoms with E-state index in [1.165, 1.54) is 12.1 Å². The molecule has 0 heterocycles. The molecule has 0 bridgehead atoms. The Balaban J connectivity index is 2.15. The summed E-state index contributed by atoms with van der Waals surface area (Å²) < 4.78 is 12.7. The van der Waals surface area contributed by atoms with Crippen molar-refractivity contribution in [3.63, 3.8) is 0 Å². The first kappa shape index (κ1) is 10.1. The molecular formula is C12H13FO2. The number of aliphatic carboxylic acids is 1. The van der Waals surface area contributed by atoms with Crippen molar-refractivity contribution in [3.05, 3.63) is 35.6 Å². The fourth-order valence-electron chi connectivity index (χ4n) is 1.76. The number of carboxylic acids is 1. The van der Waals surface area contributed by atoms with Crippen LogP contribution in [0.3, 0.4) is 0 Å². The summed E-state index contributed by atoms with van der Waals surface area (Å²) >= 11 is 0. The second-order valence-corrected chi connectivity index (χ2v) is 4.12. The van der Waals surface area contributed by atoms with Crippen molar-refractivity contribution in [1.29, 1.82) is 0 Å². The predicted octanol–water partition coefficient (Wildman–Crippen LogP) is 2.79. The molecule has 1 aliphatic carbocycles. The number of halogens is 1. The van der Waals surface area contributed by atoms with E-state index < -0.39 is 11.9 Å². The third kappa shape index (κ3) is 2.55. The molecule has 3 heteroatoms. The van der Waals surface area contributed by atoms with Gasteiger partial charge in [0.1, 0.15) is 5.82 Å². The van der Waals surface area contributed by atoms with Crippen LogP contribution in [0.2, 0.25) is 0 Å². The summed E-state index contributed by atoms with van der Waals surface area (Å²) in [5.41, 5.74) is 0.704. The van der Waals surface area contributed by atoms with Gasteiger partial charge in [-0.3, -0.25) is 4.79 Å². The number of benzene rings is 1. The maximum absolute atomic E-state index is 12.7. The number of carbonyl (C=O) groups is 1. The van der Waals surface area contributed by atoms with E-state index in [1.807, 2.05) is 0 Å². The highest BCUT2D eigenvalue weighted by Gasteiger charge is 2.30. The van der Waals surface area contributed by atoms with Crippen molar-refractivity contribution in [1.82, 2.24) is 0 Å². The molecule has 0 spiro atoms. The third-order valence-electron chi connectivity index (χ3n) is 2.84. The zero-order valence-electron chi connectivity index (χ0n) is 8.32. The van der Waals surface area contributed by atoms with Crippen molar-refractivity contribution < 1.29 is 14.3 Å². The summed E-state index contributed by atoms with van der Waals surface area (Å²) in [5, 5.41) is 9.08. The summed E-state index contributed by atoms with van der Waals surface area (Å²) in [6, 6.07) is 5.77. The highest BCUT2D eigenvalue weighted by Crippen LogP contribution is 2.38. The highest BCUT2D eigenvalue weighted by atomic mass is 19.1. The summed E-state index contributed by atoms with van der Waals surface area (Å²) in [7, 11) is 0. The van der Waals surface area contributed by atoms with Crippen molar-refractivity contribution in [3.8, 4) is 0 Å². The van der Waals surface area contributed by atoms with Crippen LogP contribution in [0.25, 0.3) is 0 Å². The zero-order chi connectivity index (χ0) is 10.8. The molecule has 1 N–H and O–H groups in total. The lowest BCUT2D eigenvalue weighted by Crippen LogP contribution is -2.12. The Bertz CT molecular complexity index is 354. The van der Waals surface area contributed by atoms with E-state index in [1.54, 1.807) is 12.1 Å². The number of hydrogen-bond acceptors (Lipinski definition) is 1. The summed E-state index contributed by atoms with van der Waals surface area (Å²) in [5.74, 6) is -1.06. The second kappa shape index (κ2) is 4.01. The Labute approximate surface area is 87.7 Å². The lowest BCUT2D eigenvalue weighted by Gasteiger charge is -2.11. The smallest absolute Gasteiger partial charge is 0.310 e. The second-order valence-electron chi connectivity index (χ2n) is 4.12. The van der Waals surface area contributed by atoms with Gasteiger partial charge in [-0.1, -0.05) is 25.0 Å². The topological polar surface area (TPSA) is 37.3 Å². The molecule has 1 aliphatic rings. The molecule has 15 heavy (non-hydrogen) atoms. The monoisotopic (exact) mass is 208 g/mol. The Kier molecular flexibility index (Phi) is 2.71. The van der Waals surface area contributed by atoms with Crippen molar-refractivity contribution in [2.75, 3.05) is 0 Å². The van der Waals surface area contributed by atoms with Crippen LogP contribution in [-0.2, 0) is 4.79 Å². The van der Waals surface area contributed by atoms with Gasteiger partial charge in [-0.05, 0) is 30.0 Å². The molecule has 0 radical (unpaired) electrons. The lowest BCUT2D eigenvalue weighted by molar-refractivity contribution is -0.139. The minimum absolute atomic E-state index is 0.325. The molecule has 1 saturated carbocycles. The fraction of sp³-hybridized carbons (Fsp3) is 0.417. The van der Waals surface area contributed by atoms with Gasteiger partial charge in [0, 0.05) is 0 Å². The average Bonchev–Trinajstić information content (AvgIpc) is 2.99. The quantitative estimate of drug-likeness (QED) is 0.826. The molecule has 0 aliphatic heterocycles. The Morgan fingerprint density at radius 1 is 1.40 bits per heavy atom. The summed E-state index contributed by atoms with van der Waals surface area (Å²) in [6.07, 6.45) is 2.94. The van der Waals surface area contributed by atoms with Gasteiger partial charge in [-0.2, -0.15) is 0 Å². The van der Waals surface area contributed by atoms with E-state index in [-0.39, 0.29) is 5.82 Å². The van der Waals surface area contributed by atoms with Gasteiger partial charge in [-0.25, -0.2) is 4.39 Å². The van der Waals surface area contributed by atoms with Gasteiger partial charge < -0.3 is 5.11 Å². The lowest BCUT2D eigenvalue weighted by atomic mass is 9.94. The van der Waals surface area contributed by atoms with Gasteiger partial charge in [-0.15, -0.1) is 0 Å². The SMILES string of the molecule is O=C(O)C(CC1CC1)c1ccc(F)cc1. The first-order valence-electron chi connectivity index (χ1n) is 5.15. The zero-order valence-corrected chi connectivity index (χ0v) is 8.32. The number of rotatable bonds is 4. The molecule has 2 nitrogen and oxygen atoms in total. The minimum Gasteiger partial charge on any atom is -0.481 e. The number of hydrogen-bond donors (Lipinski definition) is 1. The van der Waals surface area contributed by atoms with Crippen LogP contribution in [0.15, 0.2) is 24.3 Å². The third-order valence-corrected chi connectivity index (χ3v) is 2.84. The van der Waals surface area contributed by atoms with Gasteiger partial charge in [0.15, 0.2) is 0 Å². The molecule has 1 aromatic rings. The predicted molar refractivity (Wildman–Crippen MR) is 54.1 cm³/mol. The Hall–Kier alpha value is -1.38. The van der Waals surface area contributed by atoms with E-state index in [9.17, 15) is 9.18 Å². The summed E-state index contributed by atoms with van der Waals surface area (Å²) in [6.45, 7) is 0. The Morgan fingerprint density at radius 2 is 2.00 bits per heavy atom. The van der Waals surface area contributed by atoms with Gasteiger partial charge in [0.2, 0.25) is 0 Å². The molecule has 1 fully saturated rings. The largest absolute Gasteiger partial charge is 0.481 e. The van der Waals surface area contributed by atoms with E-state index in [0.29, 0.717) is 17.9 Å². The van der Waals surface area contributed by atoms with Crippen LogP contribution >= 0.6 is 0 Å². The first-order valence-corrected chi connectivity index (χ1v) is 5.15. The molecule has 2 rings (SSSR count). The van der Waals surface area contributed by atoms with Crippen LogP contribution in [0.5, 0.6) is 0 Å². The minimum atomic E-state index is -0.812. The molecule has 0 aromatic heterocycles. The van der Waals surface area contributed by atoms with Gasteiger partial charge in [0.05, 0.1) is 5.92 Å². The van der Waals surface area contributed by atoms with Crippen LogP contribution in [0.1, 0.15) is 30.7 Å². The van der Waals surface area contributed by atoms with Crippen LogP contribution < -0.4 is 0 Å². The van der Waals surface area contributed by atoms with Gasteiger partial charge >= 0.3 is 5.97 Å². The highest BCUT2D eigenvalue weighted by molar-refractivity contribution is 5.76. The molecule has 1 unspecified atom stereocenters. The van der Waals surface area contributed by atoms with Crippen molar-refractivity contribution in [2.24, 2.45) is 5.92 Å². The maximum Gasteiger partial charge on any atom is 0.310 e. The standard InChI is InChI=1S/C12H13FO2/c13-10-5-3-9(4-6-10)11(12(14)15)7-8-1-2-8/h3-6,8,11H,1-2,7H2,(H,14,15). The van der Waals surface area contributed by atoms with E-state index in [0.717, 1.165) is 12.8 Å². The molecule has 0 amide bonds. The maximum atomic E-state index is 12.7. The molecule has 0 saturated heterocycles. The average molecular weight is 208 g/mol. The summed E-state index contributed by atoms with van der Waals surface area (Å²) in [4.78, 5) is 11.1.